The monoisotopic (exact) mass is 241 g/mol. The second kappa shape index (κ2) is 5.99. The molecule has 0 fully saturated rings. The number of carbonyl (C=O) groups is 1. The Bertz CT molecular complexity index is 368. The fraction of sp³-hybridized carbons (Fsp3) is 0.417. The highest BCUT2D eigenvalue weighted by Crippen LogP contribution is 2.13. The molecule has 0 amide bonds. The Morgan fingerprint density at radius 1 is 1.56 bits per heavy atom. The van der Waals surface area contributed by atoms with Crippen molar-refractivity contribution < 1.29 is 9.90 Å². The predicted molar refractivity (Wildman–Crippen MR) is 65.0 cm³/mol. The Balaban J connectivity index is 2.77. The van der Waals surface area contributed by atoms with E-state index in [0.29, 0.717) is 17.1 Å². The summed E-state index contributed by atoms with van der Waals surface area (Å²) in [6, 6.07) is 6.64. The van der Waals surface area contributed by atoms with Crippen LogP contribution in [0, 0.1) is 0 Å². The molecular weight excluding hydrogens is 226 g/mol. The first-order valence-electron chi connectivity index (χ1n) is 5.17. The van der Waals surface area contributed by atoms with Gasteiger partial charge in [-0.3, -0.25) is 9.69 Å². The van der Waals surface area contributed by atoms with E-state index in [-0.39, 0.29) is 18.4 Å². The molecule has 1 aromatic carbocycles. The van der Waals surface area contributed by atoms with Gasteiger partial charge >= 0.3 is 0 Å². The van der Waals surface area contributed by atoms with Crippen LogP contribution in [-0.4, -0.2) is 42.0 Å². The second-order valence-corrected chi connectivity index (χ2v) is 4.19. The zero-order chi connectivity index (χ0) is 12.1. The van der Waals surface area contributed by atoms with Gasteiger partial charge in [0, 0.05) is 17.1 Å². The van der Waals surface area contributed by atoms with Crippen molar-refractivity contribution in [2.75, 3.05) is 20.2 Å². The summed E-state index contributed by atoms with van der Waals surface area (Å²) in [7, 11) is 1.81. The lowest BCUT2D eigenvalue weighted by atomic mass is 10.0. The van der Waals surface area contributed by atoms with Gasteiger partial charge in [0.2, 0.25) is 0 Å². The summed E-state index contributed by atoms with van der Waals surface area (Å²) in [5.74, 6) is 0.0125. The van der Waals surface area contributed by atoms with Crippen LogP contribution in [0.3, 0.4) is 0 Å². The first-order chi connectivity index (χ1) is 7.56. The third kappa shape index (κ3) is 3.30. The Morgan fingerprint density at radius 3 is 2.81 bits per heavy atom. The SMILES string of the molecule is CC(C(=O)c1cccc(Cl)c1)N(C)CCO. The molecule has 0 heterocycles. The molecule has 0 spiro atoms. The van der Waals surface area contributed by atoms with Gasteiger partial charge in [0.15, 0.2) is 5.78 Å². The fourth-order valence-corrected chi connectivity index (χ4v) is 1.62. The van der Waals surface area contributed by atoms with E-state index in [2.05, 4.69) is 0 Å². The quantitative estimate of drug-likeness (QED) is 0.800. The van der Waals surface area contributed by atoms with Crippen LogP contribution in [0.5, 0.6) is 0 Å². The van der Waals surface area contributed by atoms with Gasteiger partial charge in [-0.25, -0.2) is 0 Å². The summed E-state index contributed by atoms with van der Waals surface area (Å²) in [5, 5.41) is 9.37. The van der Waals surface area contributed by atoms with Gasteiger partial charge < -0.3 is 5.11 Å². The minimum atomic E-state index is -0.259. The minimum absolute atomic E-state index is 0.0125. The number of nitrogens with zero attached hydrogens (tertiary/aromatic N) is 1. The molecule has 0 aliphatic rings. The summed E-state index contributed by atoms with van der Waals surface area (Å²) in [4.78, 5) is 13.8. The molecule has 0 radical (unpaired) electrons. The van der Waals surface area contributed by atoms with Crippen LogP contribution in [0.1, 0.15) is 17.3 Å². The molecule has 1 rings (SSSR count). The highest BCUT2D eigenvalue weighted by Gasteiger charge is 2.19. The molecule has 0 aliphatic carbocycles. The lowest BCUT2D eigenvalue weighted by Crippen LogP contribution is -2.37. The Hall–Kier alpha value is -0.900. The number of likely N-dealkylation sites (N-methyl/N-ethyl adjacent to an activating group) is 1. The molecule has 1 unspecified atom stereocenters. The summed E-state index contributed by atoms with van der Waals surface area (Å²) in [6.45, 7) is 2.34. The van der Waals surface area contributed by atoms with E-state index in [1.807, 2.05) is 18.9 Å². The van der Waals surface area contributed by atoms with Gasteiger partial charge in [0.1, 0.15) is 0 Å². The molecule has 3 nitrogen and oxygen atoms in total. The molecule has 0 saturated carbocycles. The Kier molecular flexibility index (Phi) is 4.93. The maximum atomic E-state index is 12.0. The van der Waals surface area contributed by atoms with Gasteiger partial charge in [-0.2, -0.15) is 0 Å². The molecule has 0 aromatic heterocycles. The Morgan fingerprint density at radius 2 is 2.25 bits per heavy atom. The van der Waals surface area contributed by atoms with Crippen molar-refractivity contribution in [1.82, 2.24) is 4.90 Å². The number of aliphatic hydroxyl groups is 1. The van der Waals surface area contributed by atoms with Crippen LogP contribution in [0.4, 0.5) is 0 Å². The van der Waals surface area contributed by atoms with Gasteiger partial charge in [0.25, 0.3) is 0 Å². The minimum Gasteiger partial charge on any atom is -0.395 e. The van der Waals surface area contributed by atoms with E-state index in [0.717, 1.165) is 0 Å². The molecule has 88 valence electrons. The smallest absolute Gasteiger partial charge is 0.179 e. The third-order valence-electron chi connectivity index (χ3n) is 2.60. The second-order valence-electron chi connectivity index (χ2n) is 3.75. The number of hydrogen-bond acceptors (Lipinski definition) is 3. The maximum absolute atomic E-state index is 12.0. The van der Waals surface area contributed by atoms with Crippen LogP contribution < -0.4 is 0 Å². The number of rotatable bonds is 5. The number of carbonyl (C=O) groups excluding carboxylic acids is 1. The van der Waals surface area contributed by atoms with Crippen LogP contribution in [0.25, 0.3) is 0 Å². The molecule has 0 bridgehead atoms. The third-order valence-corrected chi connectivity index (χ3v) is 2.84. The van der Waals surface area contributed by atoms with Crippen molar-refractivity contribution >= 4 is 17.4 Å². The highest BCUT2D eigenvalue weighted by atomic mass is 35.5. The van der Waals surface area contributed by atoms with Crippen LogP contribution in [0.15, 0.2) is 24.3 Å². The van der Waals surface area contributed by atoms with Crippen molar-refractivity contribution in [2.24, 2.45) is 0 Å². The molecule has 0 saturated heterocycles. The Labute approximate surface area is 101 Å². The number of benzene rings is 1. The van der Waals surface area contributed by atoms with Crippen molar-refractivity contribution in [1.29, 1.82) is 0 Å². The standard InChI is InChI=1S/C12H16ClNO2/c1-9(14(2)6-7-15)12(16)10-4-3-5-11(13)8-10/h3-5,8-9,15H,6-7H2,1-2H3. The first-order valence-corrected chi connectivity index (χ1v) is 5.55. The topological polar surface area (TPSA) is 40.5 Å². The van der Waals surface area contributed by atoms with E-state index >= 15 is 0 Å². The molecule has 1 atom stereocenters. The van der Waals surface area contributed by atoms with E-state index in [4.69, 9.17) is 16.7 Å². The first kappa shape index (κ1) is 13.2. The van der Waals surface area contributed by atoms with Crippen LogP contribution in [-0.2, 0) is 0 Å². The fourth-order valence-electron chi connectivity index (χ4n) is 1.43. The van der Waals surface area contributed by atoms with E-state index < -0.39 is 0 Å². The average molecular weight is 242 g/mol. The number of halogens is 1. The largest absolute Gasteiger partial charge is 0.395 e. The maximum Gasteiger partial charge on any atom is 0.179 e. The number of aliphatic hydroxyl groups excluding tert-OH is 1. The van der Waals surface area contributed by atoms with Gasteiger partial charge in [-0.05, 0) is 26.1 Å². The number of hydrogen-bond donors (Lipinski definition) is 1. The van der Waals surface area contributed by atoms with Crippen LogP contribution in [0.2, 0.25) is 5.02 Å². The number of Topliss-reactive ketones (excluding diaryl/α,β-unsaturated/α-hetero) is 1. The van der Waals surface area contributed by atoms with E-state index in [1.165, 1.54) is 0 Å². The lowest BCUT2D eigenvalue weighted by Gasteiger charge is -2.22. The zero-order valence-corrected chi connectivity index (χ0v) is 10.2. The molecule has 1 N–H and O–H groups in total. The molecule has 0 aliphatic heterocycles. The van der Waals surface area contributed by atoms with Gasteiger partial charge in [0.05, 0.1) is 12.6 Å². The van der Waals surface area contributed by atoms with Gasteiger partial charge in [-0.1, -0.05) is 23.7 Å². The van der Waals surface area contributed by atoms with E-state index in [9.17, 15) is 4.79 Å². The predicted octanol–water partition coefficient (Wildman–Crippen LogP) is 1.84. The molecule has 1 aromatic rings. The van der Waals surface area contributed by atoms with E-state index in [1.54, 1.807) is 24.3 Å². The summed E-state index contributed by atoms with van der Waals surface area (Å²) < 4.78 is 0. The van der Waals surface area contributed by atoms with Crippen LogP contribution >= 0.6 is 11.6 Å². The zero-order valence-electron chi connectivity index (χ0n) is 9.48. The van der Waals surface area contributed by atoms with Gasteiger partial charge in [-0.15, -0.1) is 0 Å². The molecular formula is C12H16ClNO2. The lowest BCUT2D eigenvalue weighted by molar-refractivity contribution is 0.0848. The summed E-state index contributed by atoms with van der Waals surface area (Å²) in [6.07, 6.45) is 0. The van der Waals surface area contributed by atoms with Crippen molar-refractivity contribution in [3.05, 3.63) is 34.9 Å². The molecule has 16 heavy (non-hydrogen) atoms. The van der Waals surface area contributed by atoms with Crippen molar-refractivity contribution in [3.8, 4) is 0 Å². The highest BCUT2D eigenvalue weighted by molar-refractivity contribution is 6.31. The summed E-state index contributed by atoms with van der Waals surface area (Å²) in [5.41, 5.74) is 0.602. The summed E-state index contributed by atoms with van der Waals surface area (Å²) >= 11 is 5.83. The number of ketones is 1. The average Bonchev–Trinajstić information content (AvgIpc) is 2.27. The van der Waals surface area contributed by atoms with Crippen molar-refractivity contribution in [2.45, 2.75) is 13.0 Å². The molecule has 4 heteroatoms. The normalized spacial score (nSPS) is 12.8. The van der Waals surface area contributed by atoms with Crippen molar-refractivity contribution in [3.63, 3.8) is 0 Å².